The Labute approximate surface area is 217 Å². The van der Waals surface area contributed by atoms with Crippen molar-refractivity contribution in [3.05, 3.63) is 65.1 Å². The van der Waals surface area contributed by atoms with Crippen molar-refractivity contribution in [1.29, 1.82) is 0 Å². The summed E-state index contributed by atoms with van der Waals surface area (Å²) < 4.78 is 18.8. The Bertz CT molecular complexity index is 1240. The number of fused-ring (bicyclic) bond motifs is 1. The Morgan fingerprint density at radius 3 is 2.62 bits per heavy atom. The van der Waals surface area contributed by atoms with Crippen LogP contribution in [0.1, 0.15) is 55.8 Å². The molecule has 3 N–H and O–H groups in total. The molecule has 2 amide bonds. The van der Waals surface area contributed by atoms with E-state index in [9.17, 15) is 18.8 Å². The molecule has 7 nitrogen and oxygen atoms in total. The fourth-order valence-electron chi connectivity index (χ4n) is 4.44. The van der Waals surface area contributed by atoms with Crippen LogP contribution >= 0.6 is 0 Å². The third kappa shape index (κ3) is 8.44. The molecule has 8 heteroatoms. The van der Waals surface area contributed by atoms with Crippen molar-refractivity contribution >= 4 is 28.5 Å². The van der Waals surface area contributed by atoms with Crippen molar-refractivity contribution in [2.45, 2.75) is 64.8 Å². The fourth-order valence-corrected chi connectivity index (χ4v) is 4.44. The van der Waals surface area contributed by atoms with Gasteiger partial charge >= 0.3 is 0 Å². The van der Waals surface area contributed by atoms with Crippen LogP contribution in [0, 0.1) is 12.7 Å². The fraction of sp³-hybridized carbons (Fsp3) is 0.414. The minimum Gasteiger partial charge on any atom is -0.497 e. The van der Waals surface area contributed by atoms with E-state index in [1.165, 1.54) is 12.1 Å². The number of carbonyl (C=O) groups excluding carboxylic acids is 3. The zero-order valence-corrected chi connectivity index (χ0v) is 21.8. The van der Waals surface area contributed by atoms with Crippen LogP contribution in [0.15, 0.2) is 42.5 Å². The molecule has 37 heavy (non-hydrogen) atoms. The lowest BCUT2D eigenvalue weighted by molar-refractivity contribution is -0.128. The van der Waals surface area contributed by atoms with Crippen LogP contribution in [0.5, 0.6) is 5.75 Å². The third-order valence-electron chi connectivity index (χ3n) is 6.44. The summed E-state index contributed by atoms with van der Waals surface area (Å²) in [5.41, 5.74) is 3.45. The molecule has 1 aromatic heterocycles. The number of rotatable bonds is 14. The molecular weight excluding hydrogens is 473 g/mol. The van der Waals surface area contributed by atoms with E-state index in [1.807, 2.05) is 31.2 Å². The van der Waals surface area contributed by atoms with Crippen LogP contribution < -0.4 is 15.4 Å². The van der Waals surface area contributed by atoms with Gasteiger partial charge in [0.15, 0.2) is 0 Å². The number of amides is 2. The number of methoxy groups -OCH3 is 1. The van der Waals surface area contributed by atoms with Crippen molar-refractivity contribution in [3.63, 3.8) is 0 Å². The number of hydrogen-bond acceptors (Lipinski definition) is 4. The third-order valence-corrected chi connectivity index (χ3v) is 6.44. The molecule has 0 aliphatic rings. The van der Waals surface area contributed by atoms with Crippen LogP contribution in [-0.2, 0) is 27.2 Å². The minimum absolute atomic E-state index is 0.121. The number of halogens is 1. The average molecular weight is 510 g/mol. The SMILES string of the molecule is COc1ccc2[nH]c(C)c(CC(=O)N[C@@H](CCCCCC(C)=O)C(=O)NCCc3cccc(F)c3)c2c1. The Kier molecular flexibility index (Phi) is 10.2. The van der Waals surface area contributed by atoms with E-state index in [0.29, 0.717) is 38.0 Å². The number of unbranched alkanes of at least 4 members (excludes halogenated alkanes) is 2. The van der Waals surface area contributed by atoms with E-state index >= 15 is 0 Å². The van der Waals surface area contributed by atoms with Crippen LogP contribution in [0.25, 0.3) is 10.9 Å². The Hall–Kier alpha value is -3.68. The first-order chi connectivity index (χ1) is 17.8. The number of nitrogens with one attached hydrogen (secondary N) is 3. The largest absolute Gasteiger partial charge is 0.497 e. The van der Waals surface area contributed by atoms with Gasteiger partial charge in [-0.25, -0.2) is 4.39 Å². The van der Waals surface area contributed by atoms with Gasteiger partial charge in [-0.3, -0.25) is 9.59 Å². The molecule has 0 bridgehead atoms. The average Bonchev–Trinajstić information content (AvgIpc) is 3.16. The number of aryl methyl sites for hydroxylation is 1. The smallest absolute Gasteiger partial charge is 0.242 e. The maximum Gasteiger partial charge on any atom is 0.242 e. The number of benzene rings is 2. The highest BCUT2D eigenvalue weighted by Crippen LogP contribution is 2.26. The molecule has 0 spiro atoms. The second-order valence-corrected chi connectivity index (χ2v) is 9.41. The number of Topliss-reactive ketones (excluding diaryl/α,β-unsaturated/α-hetero) is 1. The van der Waals surface area contributed by atoms with Crippen LogP contribution in [0.3, 0.4) is 0 Å². The predicted octanol–water partition coefficient (Wildman–Crippen LogP) is 4.55. The normalized spacial score (nSPS) is 11.8. The summed E-state index contributed by atoms with van der Waals surface area (Å²) in [7, 11) is 1.60. The number of ketones is 1. The van der Waals surface area contributed by atoms with Gasteiger partial charge in [-0.2, -0.15) is 0 Å². The second-order valence-electron chi connectivity index (χ2n) is 9.41. The highest BCUT2D eigenvalue weighted by molar-refractivity contribution is 5.93. The van der Waals surface area contributed by atoms with Crippen molar-refractivity contribution in [1.82, 2.24) is 15.6 Å². The highest BCUT2D eigenvalue weighted by atomic mass is 19.1. The topological polar surface area (TPSA) is 100 Å². The number of aromatic amines is 1. The summed E-state index contributed by atoms with van der Waals surface area (Å²) in [5.74, 6) is 0.0131. The Morgan fingerprint density at radius 2 is 1.89 bits per heavy atom. The molecule has 0 saturated heterocycles. The minimum atomic E-state index is -0.697. The molecule has 0 fully saturated rings. The summed E-state index contributed by atoms with van der Waals surface area (Å²) >= 11 is 0. The molecule has 0 radical (unpaired) electrons. The molecule has 1 heterocycles. The van der Waals surface area contributed by atoms with Crippen LogP contribution in [0.2, 0.25) is 0 Å². The molecule has 198 valence electrons. The number of aromatic nitrogens is 1. The first-order valence-corrected chi connectivity index (χ1v) is 12.7. The van der Waals surface area contributed by atoms with Gasteiger partial charge in [0.1, 0.15) is 23.4 Å². The van der Waals surface area contributed by atoms with Gasteiger partial charge in [-0.1, -0.05) is 25.0 Å². The van der Waals surface area contributed by atoms with E-state index < -0.39 is 6.04 Å². The van der Waals surface area contributed by atoms with Gasteiger partial charge < -0.3 is 25.1 Å². The molecular formula is C29H36FN3O4. The maximum atomic E-state index is 13.4. The van der Waals surface area contributed by atoms with Crippen molar-refractivity contribution in [2.24, 2.45) is 0 Å². The second kappa shape index (κ2) is 13.6. The lowest BCUT2D eigenvalue weighted by atomic mass is 10.0. The lowest BCUT2D eigenvalue weighted by Gasteiger charge is -2.19. The van der Waals surface area contributed by atoms with Crippen LogP contribution in [0.4, 0.5) is 4.39 Å². The number of hydrogen-bond donors (Lipinski definition) is 3. The quantitative estimate of drug-likeness (QED) is 0.278. The van der Waals surface area contributed by atoms with Gasteiger partial charge in [0, 0.05) is 29.6 Å². The van der Waals surface area contributed by atoms with E-state index in [-0.39, 0.29) is 29.8 Å². The first kappa shape index (κ1) is 27.9. The lowest BCUT2D eigenvalue weighted by Crippen LogP contribution is -2.47. The van der Waals surface area contributed by atoms with Crippen molar-refractivity contribution in [3.8, 4) is 5.75 Å². The summed E-state index contributed by atoms with van der Waals surface area (Å²) in [6.45, 7) is 3.82. The monoisotopic (exact) mass is 509 g/mol. The maximum absolute atomic E-state index is 13.4. The molecule has 0 unspecified atom stereocenters. The number of carbonyl (C=O) groups is 3. The summed E-state index contributed by atoms with van der Waals surface area (Å²) in [6, 6.07) is 11.2. The Balaban J connectivity index is 1.63. The van der Waals surface area contributed by atoms with Crippen LogP contribution in [-0.4, -0.2) is 42.3 Å². The van der Waals surface area contributed by atoms with E-state index in [0.717, 1.165) is 40.6 Å². The molecule has 3 rings (SSSR count). The Morgan fingerprint density at radius 1 is 1.08 bits per heavy atom. The molecule has 0 aliphatic carbocycles. The molecule has 2 aromatic carbocycles. The standard InChI is InChI=1S/C29H36FN3O4/c1-19(34)8-5-4-6-11-27(29(36)31-15-14-21-9-7-10-22(30)16-21)33-28(35)18-24-20(2)32-26-13-12-23(37-3)17-25(24)26/h7,9-10,12-13,16-17,27,32H,4-6,8,11,14-15,18H2,1-3H3,(H,31,36)(H,33,35)/t27-/m0/s1. The summed E-state index contributed by atoms with van der Waals surface area (Å²) in [4.78, 5) is 40.6. The van der Waals surface area contributed by atoms with Gasteiger partial charge in [0.05, 0.1) is 13.5 Å². The number of H-pyrrole nitrogens is 1. The van der Waals surface area contributed by atoms with Gasteiger partial charge in [-0.05, 0) is 74.6 Å². The zero-order chi connectivity index (χ0) is 26.8. The van der Waals surface area contributed by atoms with E-state index in [4.69, 9.17) is 4.74 Å². The van der Waals surface area contributed by atoms with E-state index in [1.54, 1.807) is 20.1 Å². The van der Waals surface area contributed by atoms with Crippen molar-refractivity contribution < 1.29 is 23.5 Å². The molecule has 3 aromatic rings. The molecule has 0 aliphatic heterocycles. The van der Waals surface area contributed by atoms with Gasteiger partial charge in [0.2, 0.25) is 11.8 Å². The van der Waals surface area contributed by atoms with Gasteiger partial charge in [0.25, 0.3) is 0 Å². The van der Waals surface area contributed by atoms with E-state index in [2.05, 4.69) is 15.6 Å². The highest BCUT2D eigenvalue weighted by Gasteiger charge is 2.22. The van der Waals surface area contributed by atoms with Gasteiger partial charge in [-0.15, -0.1) is 0 Å². The zero-order valence-electron chi connectivity index (χ0n) is 21.8. The summed E-state index contributed by atoms with van der Waals surface area (Å²) in [5, 5.41) is 6.70. The molecule has 0 saturated carbocycles. The predicted molar refractivity (Wildman–Crippen MR) is 142 cm³/mol. The molecule has 1 atom stereocenters. The number of ether oxygens (including phenoxy) is 1. The summed E-state index contributed by atoms with van der Waals surface area (Å²) in [6.07, 6.45) is 3.85. The van der Waals surface area contributed by atoms with Crippen molar-refractivity contribution in [2.75, 3.05) is 13.7 Å². The first-order valence-electron chi connectivity index (χ1n) is 12.7.